The Balaban J connectivity index is 1.60. The first-order valence-corrected chi connectivity index (χ1v) is 8.62. The molecule has 1 heterocycles. The summed E-state index contributed by atoms with van der Waals surface area (Å²) < 4.78 is 0. The Bertz CT molecular complexity index is 914. The molecule has 0 radical (unpaired) electrons. The van der Waals surface area contributed by atoms with Crippen LogP contribution in [0.2, 0.25) is 0 Å². The lowest BCUT2D eigenvalue weighted by Crippen LogP contribution is -2.35. The molecule has 1 saturated carbocycles. The van der Waals surface area contributed by atoms with Crippen LogP contribution in [0.25, 0.3) is 21.8 Å². The monoisotopic (exact) mass is 322 g/mol. The van der Waals surface area contributed by atoms with Crippen molar-refractivity contribution in [1.82, 2.24) is 10.3 Å². The van der Waals surface area contributed by atoms with Gasteiger partial charge in [-0.25, -0.2) is 0 Å². The summed E-state index contributed by atoms with van der Waals surface area (Å²) in [5.41, 5.74) is 2.17. The van der Waals surface area contributed by atoms with Gasteiger partial charge in [0.05, 0.1) is 5.60 Å². The van der Waals surface area contributed by atoms with Crippen LogP contribution in [0.3, 0.4) is 0 Å². The molecule has 1 aliphatic carbocycles. The summed E-state index contributed by atoms with van der Waals surface area (Å²) in [6, 6.07) is 13.9. The number of carbonyl (C=O) groups excluding carboxylic acids is 1. The lowest BCUT2D eigenvalue weighted by atomic mass is 9.99. The number of para-hydroxylation sites is 1. The SMILES string of the molecule is CCC1(O)CCC(NC(=O)c2ccc3[nH]c4ccccc4c3c2)C1. The molecule has 2 unspecified atom stereocenters. The normalized spacial score (nSPS) is 23.8. The van der Waals surface area contributed by atoms with Gasteiger partial charge in [-0.2, -0.15) is 0 Å². The number of aromatic nitrogens is 1. The maximum Gasteiger partial charge on any atom is 0.251 e. The quantitative estimate of drug-likeness (QED) is 0.687. The summed E-state index contributed by atoms with van der Waals surface area (Å²) in [4.78, 5) is 16.0. The average Bonchev–Trinajstić information content (AvgIpc) is 3.15. The van der Waals surface area contributed by atoms with Gasteiger partial charge < -0.3 is 15.4 Å². The number of amides is 1. The zero-order valence-electron chi connectivity index (χ0n) is 13.8. The van der Waals surface area contributed by atoms with Crippen LogP contribution in [-0.4, -0.2) is 27.6 Å². The van der Waals surface area contributed by atoms with Crippen molar-refractivity contribution in [3.8, 4) is 0 Å². The highest BCUT2D eigenvalue weighted by atomic mass is 16.3. The van der Waals surface area contributed by atoms with Gasteiger partial charge in [0.2, 0.25) is 0 Å². The molecule has 0 aliphatic heterocycles. The minimum absolute atomic E-state index is 0.0566. The Morgan fingerprint density at radius 2 is 2.04 bits per heavy atom. The molecule has 4 nitrogen and oxygen atoms in total. The topological polar surface area (TPSA) is 65.1 Å². The number of carbonyl (C=O) groups is 1. The van der Waals surface area contributed by atoms with Gasteiger partial charge in [-0.05, 0) is 49.9 Å². The number of H-pyrrole nitrogens is 1. The average molecular weight is 322 g/mol. The van der Waals surface area contributed by atoms with Gasteiger partial charge in [0.15, 0.2) is 0 Å². The van der Waals surface area contributed by atoms with Crippen LogP contribution in [0.1, 0.15) is 43.0 Å². The van der Waals surface area contributed by atoms with E-state index in [1.165, 1.54) is 0 Å². The largest absolute Gasteiger partial charge is 0.390 e. The molecule has 0 bridgehead atoms. The van der Waals surface area contributed by atoms with E-state index in [0.717, 1.165) is 41.1 Å². The molecule has 3 N–H and O–H groups in total. The predicted octanol–water partition coefficient (Wildman–Crippen LogP) is 3.74. The van der Waals surface area contributed by atoms with E-state index in [-0.39, 0.29) is 11.9 Å². The Morgan fingerprint density at radius 1 is 1.25 bits per heavy atom. The molecule has 1 aliphatic rings. The van der Waals surface area contributed by atoms with E-state index in [1.807, 2.05) is 43.3 Å². The molecule has 1 amide bonds. The minimum Gasteiger partial charge on any atom is -0.390 e. The minimum atomic E-state index is -0.612. The van der Waals surface area contributed by atoms with Crippen LogP contribution in [0, 0.1) is 0 Å². The van der Waals surface area contributed by atoms with E-state index in [4.69, 9.17) is 0 Å². The number of aliphatic hydroxyl groups is 1. The summed E-state index contributed by atoms with van der Waals surface area (Å²) in [6.07, 6.45) is 2.98. The van der Waals surface area contributed by atoms with Gasteiger partial charge >= 0.3 is 0 Å². The molecule has 0 saturated heterocycles. The molecule has 4 heteroatoms. The molecule has 1 fully saturated rings. The molecule has 24 heavy (non-hydrogen) atoms. The highest BCUT2D eigenvalue weighted by Gasteiger charge is 2.36. The highest BCUT2D eigenvalue weighted by molar-refractivity contribution is 6.09. The van der Waals surface area contributed by atoms with Crippen molar-refractivity contribution in [3.05, 3.63) is 48.0 Å². The van der Waals surface area contributed by atoms with Gasteiger partial charge in [0.25, 0.3) is 5.91 Å². The van der Waals surface area contributed by atoms with Crippen molar-refractivity contribution >= 4 is 27.7 Å². The lowest BCUT2D eigenvalue weighted by Gasteiger charge is -2.20. The second-order valence-corrected chi connectivity index (χ2v) is 6.92. The van der Waals surface area contributed by atoms with E-state index < -0.39 is 5.60 Å². The number of aromatic amines is 1. The van der Waals surface area contributed by atoms with Crippen LogP contribution >= 0.6 is 0 Å². The number of nitrogens with one attached hydrogen (secondary N) is 2. The van der Waals surface area contributed by atoms with Gasteiger partial charge in [0, 0.05) is 33.4 Å². The Hall–Kier alpha value is -2.33. The summed E-state index contributed by atoms with van der Waals surface area (Å²) in [5.74, 6) is -0.0625. The van der Waals surface area contributed by atoms with Crippen molar-refractivity contribution in [1.29, 1.82) is 0 Å². The number of benzene rings is 2. The van der Waals surface area contributed by atoms with E-state index in [0.29, 0.717) is 12.0 Å². The van der Waals surface area contributed by atoms with Crippen molar-refractivity contribution in [3.63, 3.8) is 0 Å². The Labute approximate surface area is 140 Å². The molecule has 0 spiro atoms. The number of fused-ring (bicyclic) bond motifs is 3. The first kappa shape index (κ1) is 15.2. The standard InChI is InChI=1S/C20H22N2O2/c1-2-20(24)10-9-14(12-20)21-19(23)13-7-8-18-16(11-13)15-5-3-4-6-17(15)22-18/h3-8,11,14,22,24H,2,9-10,12H2,1H3,(H,21,23). The van der Waals surface area contributed by atoms with Gasteiger partial charge in [-0.1, -0.05) is 25.1 Å². The lowest BCUT2D eigenvalue weighted by molar-refractivity contribution is 0.0413. The maximum atomic E-state index is 12.6. The van der Waals surface area contributed by atoms with Gasteiger partial charge in [-0.15, -0.1) is 0 Å². The summed E-state index contributed by atoms with van der Waals surface area (Å²) in [6.45, 7) is 2.00. The number of hydrogen-bond acceptors (Lipinski definition) is 2. The van der Waals surface area contributed by atoms with Crippen LogP contribution in [0.5, 0.6) is 0 Å². The summed E-state index contributed by atoms with van der Waals surface area (Å²) in [5, 5.41) is 15.6. The summed E-state index contributed by atoms with van der Waals surface area (Å²) >= 11 is 0. The van der Waals surface area contributed by atoms with Crippen molar-refractivity contribution in [2.75, 3.05) is 0 Å². The molecule has 2 atom stereocenters. The third kappa shape index (κ3) is 2.57. The predicted molar refractivity (Wildman–Crippen MR) is 96.2 cm³/mol. The molecule has 3 aromatic rings. The second kappa shape index (κ2) is 5.64. The van der Waals surface area contributed by atoms with E-state index in [2.05, 4.69) is 16.4 Å². The van der Waals surface area contributed by atoms with Gasteiger partial charge in [0.1, 0.15) is 0 Å². The fourth-order valence-corrected chi connectivity index (χ4v) is 3.81. The van der Waals surface area contributed by atoms with Crippen LogP contribution in [0.15, 0.2) is 42.5 Å². The molecular formula is C20H22N2O2. The van der Waals surface area contributed by atoms with E-state index in [9.17, 15) is 9.90 Å². The zero-order valence-corrected chi connectivity index (χ0v) is 13.8. The fourth-order valence-electron chi connectivity index (χ4n) is 3.81. The van der Waals surface area contributed by atoms with Gasteiger partial charge in [-0.3, -0.25) is 4.79 Å². The second-order valence-electron chi connectivity index (χ2n) is 6.92. The first-order chi connectivity index (χ1) is 11.6. The molecular weight excluding hydrogens is 300 g/mol. The number of rotatable bonds is 3. The first-order valence-electron chi connectivity index (χ1n) is 8.62. The molecule has 2 aromatic carbocycles. The summed E-state index contributed by atoms with van der Waals surface area (Å²) in [7, 11) is 0. The fraction of sp³-hybridized carbons (Fsp3) is 0.350. The third-order valence-corrected chi connectivity index (χ3v) is 5.35. The van der Waals surface area contributed by atoms with Crippen molar-refractivity contribution < 1.29 is 9.90 Å². The molecule has 4 rings (SSSR count). The maximum absolute atomic E-state index is 12.6. The Morgan fingerprint density at radius 3 is 2.83 bits per heavy atom. The van der Waals surface area contributed by atoms with E-state index >= 15 is 0 Å². The number of hydrogen-bond donors (Lipinski definition) is 3. The van der Waals surface area contributed by atoms with Crippen molar-refractivity contribution in [2.24, 2.45) is 0 Å². The molecule has 124 valence electrons. The van der Waals surface area contributed by atoms with Crippen LogP contribution in [-0.2, 0) is 0 Å². The van der Waals surface area contributed by atoms with E-state index in [1.54, 1.807) is 0 Å². The zero-order chi connectivity index (χ0) is 16.7. The third-order valence-electron chi connectivity index (χ3n) is 5.35. The van der Waals surface area contributed by atoms with Crippen LogP contribution < -0.4 is 5.32 Å². The molecule has 1 aromatic heterocycles. The smallest absolute Gasteiger partial charge is 0.251 e. The Kier molecular flexibility index (Phi) is 3.57. The highest BCUT2D eigenvalue weighted by Crippen LogP contribution is 2.33. The van der Waals surface area contributed by atoms with Crippen molar-refractivity contribution in [2.45, 2.75) is 44.2 Å². The van der Waals surface area contributed by atoms with Crippen LogP contribution in [0.4, 0.5) is 0 Å².